The predicted molar refractivity (Wildman–Crippen MR) is 97.8 cm³/mol. The molecular weight excluding hydrogens is 449 g/mol. The van der Waals surface area contributed by atoms with Crippen LogP contribution in [0.2, 0.25) is 5.02 Å². The summed E-state index contributed by atoms with van der Waals surface area (Å²) in [4.78, 5) is 8.27. The van der Waals surface area contributed by atoms with E-state index >= 15 is 0 Å². The van der Waals surface area contributed by atoms with E-state index in [1.54, 1.807) is 6.07 Å². The number of nitrogens with one attached hydrogen (secondary N) is 1. The van der Waals surface area contributed by atoms with Crippen molar-refractivity contribution >= 4 is 17.5 Å². The average Bonchev–Trinajstić information content (AvgIpc) is 3.30. The smallest absolute Gasteiger partial charge is 0.422 e. The van der Waals surface area contributed by atoms with E-state index in [0.29, 0.717) is 18.4 Å². The summed E-state index contributed by atoms with van der Waals surface area (Å²) in [5.74, 6) is -0.694. The van der Waals surface area contributed by atoms with E-state index in [1.807, 2.05) is 0 Å². The van der Waals surface area contributed by atoms with E-state index in [0.717, 1.165) is 0 Å². The maximum absolute atomic E-state index is 12.6. The number of ether oxygens (including phenoxy) is 1. The van der Waals surface area contributed by atoms with Gasteiger partial charge in [-0.3, -0.25) is 0 Å². The highest BCUT2D eigenvalue weighted by Gasteiger charge is 2.46. The van der Waals surface area contributed by atoms with Gasteiger partial charge in [0.05, 0.1) is 11.1 Å². The summed E-state index contributed by atoms with van der Waals surface area (Å²) in [6.45, 7) is -1.41. The van der Waals surface area contributed by atoms with E-state index in [4.69, 9.17) is 20.8 Å². The molecule has 0 atom stereocenters. The SMILES string of the molecule is FC(F)c1nnc(-c2cnc(NC3(c4ccc(OCC(F)(F)F)cc4Cl)CC3)nc2)o1. The Labute approximate surface area is 176 Å². The minimum atomic E-state index is -4.45. The van der Waals surface area contributed by atoms with E-state index in [2.05, 4.69) is 25.5 Å². The van der Waals surface area contributed by atoms with Crippen molar-refractivity contribution in [1.29, 1.82) is 0 Å². The molecule has 0 saturated heterocycles. The van der Waals surface area contributed by atoms with Crippen LogP contribution in [0.5, 0.6) is 5.75 Å². The van der Waals surface area contributed by atoms with Gasteiger partial charge in [-0.25, -0.2) is 9.97 Å². The Kier molecular flexibility index (Phi) is 5.42. The van der Waals surface area contributed by atoms with Gasteiger partial charge in [0.15, 0.2) is 6.61 Å². The maximum atomic E-state index is 12.6. The van der Waals surface area contributed by atoms with Crippen LogP contribution in [0.1, 0.15) is 30.7 Å². The molecule has 1 aliphatic carbocycles. The molecule has 2 heterocycles. The van der Waals surface area contributed by atoms with Gasteiger partial charge in [-0.2, -0.15) is 22.0 Å². The molecule has 0 radical (unpaired) electrons. The Morgan fingerprint density at radius 3 is 2.42 bits per heavy atom. The van der Waals surface area contributed by atoms with Gasteiger partial charge in [-0.1, -0.05) is 17.7 Å². The molecule has 1 aromatic carbocycles. The summed E-state index contributed by atoms with van der Waals surface area (Å²) in [5.41, 5.74) is 0.354. The predicted octanol–water partition coefficient (Wildman–Crippen LogP) is 5.16. The summed E-state index contributed by atoms with van der Waals surface area (Å²) in [7, 11) is 0. The zero-order valence-electron chi connectivity index (χ0n) is 15.5. The first-order valence-electron chi connectivity index (χ1n) is 8.87. The largest absolute Gasteiger partial charge is 0.484 e. The fraction of sp³-hybridized carbons (Fsp3) is 0.333. The normalized spacial score (nSPS) is 15.2. The lowest BCUT2D eigenvalue weighted by Crippen LogP contribution is -2.21. The molecule has 0 unspecified atom stereocenters. The summed E-state index contributed by atoms with van der Waals surface area (Å²) >= 11 is 6.27. The van der Waals surface area contributed by atoms with Gasteiger partial charge in [0.2, 0.25) is 5.95 Å². The summed E-state index contributed by atoms with van der Waals surface area (Å²) in [6.07, 6.45) is -3.26. The fourth-order valence-corrected chi connectivity index (χ4v) is 3.23. The van der Waals surface area contributed by atoms with Crippen molar-refractivity contribution in [2.75, 3.05) is 11.9 Å². The lowest BCUT2D eigenvalue weighted by molar-refractivity contribution is -0.153. The van der Waals surface area contributed by atoms with Gasteiger partial charge in [-0.15, -0.1) is 10.2 Å². The van der Waals surface area contributed by atoms with Crippen LogP contribution in [-0.4, -0.2) is 32.9 Å². The second kappa shape index (κ2) is 7.91. The van der Waals surface area contributed by atoms with Gasteiger partial charge in [0.25, 0.3) is 11.8 Å². The fourth-order valence-electron chi connectivity index (χ4n) is 2.88. The van der Waals surface area contributed by atoms with Gasteiger partial charge in [-0.05, 0) is 30.5 Å². The molecule has 0 amide bonds. The molecule has 13 heteroatoms. The molecule has 1 fully saturated rings. The van der Waals surface area contributed by atoms with Crippen molar-refractivity contribution in [3.63, 3.8) is 0 Å². The van der Waals surface area contributed by atoms with Crippen molar-refractivity contribution in [3.05, 3.63) is 47.1 Å². The third-order valence-corrected chi connectivity index (χ3v) is 4.80. The number of hydrogen-bond donors (Lipinski definition) is 1. The number of benzene rings is 1. The molecule has 2 aromatic heterocycles. The Bertz CT molecular complexity index is 1070. The molecule has 7 nitrogen and oxygen atoms in total. The first-order chi connectivity index (χ1) is 14.7. The summed E-state index contributed by atoms with van der Waals surface area (Å²) in [5, 5.41) is 10.2. The first kappa shape index (κ1) is 21.2. The lowest BCUT2D eigenvalue weighted by Gasteiger charge is -2.20. The molecule has 0 aliphatic heterocycles. The zero-order valence-corrected chi connectivity index (χ0v) is 16.2. The molecule has 164 valence electrons. The molecule has 3 aromatic rings. The molecule has 0 spiro atoms. The van der Waals surface area contributed by atoms with E-state index in [-0.39, 0.29) is 28.2 Å². The second-order valence-electron chi connectivity index (χ2n) is 6.79. The summed E-state index contributed by atoms with van der Waals surface area (Å²) in [6, 6.07) is 4.33. The van der Waals surface area contributed by atoms with Crippen LogP contribution in [-0.2, 0) is 5.54 Å². The maximum Gasteiger partial charge on any atom is 0.422 e. The minimum Gasteiger partial charge on any atom is -0.484 e. The van der Waals surface area contributed by atoms with Crippen molar-refractivity contribution in [3.8, 4) is 17.2 Å². The molecular formula is C18H13ClF5N5O2. The number of nitrogens with zero attached hydrogens (tertiary/aromatic N) is 4. The van der Waals surface area contributed by atoms with Crippen LogP contribution in [0.4, 0.5) is 27.9 Å². The zero-order chi connectivity index (χ0) is 22.2. The lowest BCUT2D eigenvalue weighted by atomic mass is 10.0. The van der Waals surface area contributed by atoms with E-state index < -0.39 is 30.6 Å². The van der Waals surface area contributed by atoms with Crippen molar-refractivity contribution < 1.29 is 31.1 Å². The standard InChI is InChI=1S/C18H13ClF5N5O2/c19-12-5-10(30-8-18(22,23)24)1-2-11(12)17(3-4-17)27-16-25-6-9(7-26-16)14-28-29-15(31-14)13(20)21/h1-2,5-7,13H,3-4,8H2,(H,25,26,27). The van der Waals surface area contributed by atoms with Crippen LogP contribution >= 0.6 is 11.6 Å². The molecule has 4 rings (SSSR count). The third kappa shape index (κ3) is 4.84. The first-order valence-corrected chi connectivity index (χ1v) is 9.25. The van der Waals surface area contributed by atoms with Crippen LogP contribution in [0.25, 0.3) is 11.5 Å². The topological polar surface area (TPSA) is 86.0 Å². The minimum absolute atomic E-state index is 0.00482. The van der Waals surface area contributed by atoms with Gasteiger partial charge in [0, 0.05) is 17.4 Å². The Morgan fingerprint density at radius 2 is 1.87 bits per heavy atom. The van der Waals surface area contributed by atoms with Gasteiger partial charge >= 0.3 is 12.6 Å². The van der Waals surface area contributed by atoms with Crippen LogP contribution < -0.4 is 10.1 Å². The number of rotatable bonds is 7. The van der Waals surface area contributed by atoms with Crippen molar-refractivity contribution in [2.45, 2.75) is 31.0 Å². The van der Waals surface area contributed by atoms with Crippen LogP contribution in [0, 0.1) is 0 Å². The number of alkyl halides is 5. The van der Waals surface area contributed by atoms with E-state index in [9.17, 15) is 22.0 Å². The van der Waals surface area contributed by atoms with Gasteiger partial charge in [0.1, 0.15) is 5.75 Å². The highest BCUT2D eigenvalue weighted by Crippen LogP contribution is 2.50. The monoisotopic (exact) mass is 461 g/mol. The molecule has 1 N–H and O–H groups in total. The van der Waals surface area contributed by atoms with Crippen LogP contribution in [0.3, 0.4) is 0 Å². The van der Waals surface area contributed by atoms with Crippen molar-refractivity contribution in [2.24, 2.45) is 0 Å². The Hall–Kier alpha value is -3.02. The molecule has 1 saturated carbocycles. The van der Waals surface area contributed by atoms with Crippen LogP contribution in [0.15, 0.2) is 35.0 Å². The number of halogens is 6. The van der Waals surface area contributed by atoms with Gasteiger partial charge < -0.3 is 14.5 Å². The summed E-state index contributed by atoms with van der Waals surface area (Å²) < 4.78 is 71.6. The molecule has 1 aliphatic rings. The average molecular weight is 462 g/mol. The third-order valence-electron chi connectivity index (χ3n) is 4.49. The van der Waals surface area contributed by atoms with E-state index in [1.165, 1.54) is 24.5 Å². The molecule has 0 bridgehead atoms. The highest BCUT2D eigenvalue weighted by atomic mass is 35.5. The number of anilines is 1. The molecule has 31 heavy (non-hydrogen) atoms. The second-order valence-corrected chi connectivity index (χ2v) is 7.20. The quantitative estimate of drug-likeness (QED) is 0.486. The van der Waals surface area contributed by atoms with Crippen molar-refractivity contribution in [1.82, 2.24) is 20.2 Å². The Balaban J connectivity index is 1.46. The number of aromatic nitrogens is 4. The Morgan fingerprint density at radius 1 is 1.16 bits per heavy atom. The number of hydrogen-bond acceptors (Lipinski definition) is 7. The highest BCUT2D eigenvalue weighted by molar-refractivity contribution is 6.31.